The van der Waals surface area contributed by atoms with Crippen LogP contribution in [-0.2, 0) is 13.1 Å². The number of hydrogen-bond donors (Lipinski definition) is 1. The molecule has 2 N–H and O–H groups in total. The number of carbonyl (C=O) groups excluding carboxylic acids is 1. The van der Waals surface area contributed by atoms with E-state index in [2.05, 4.69) is 48.2 Å². The lowest BCUT2D eigenvalue weighted by atomic mass is 10.1. The first-order chi connectivity index (χ1) is 13.0. The van der Waals surface area contributed by atoms with Crippen molar-refractivity contribution in [3.63, 3.8) is 0 Å². The van der Waals surface area contributed by atoms with Gasteiger partial charge in [-0.2, -0.15) is 0 Å². The second-order valence-corrected chi connectivity index (χ2v) is 6.60. The number of amides is 1. The van der Waals surface area contributed by atoms with Crippen molar-refractivity contribution in [3.05, 3.63) is 95.1 Å². The van der Waals surface area contributed by atoms with Gasteiger partial charge in [-0.3, -0.25) is 4.79 Å². The Morgan fingerprint density at radius 1 is 0.852 bits per heavy atom. The summed E-state index contributed by atoms with van der Waals surface area (Å²) in [6.07, 6.45) is 0. The Hall–Kier alpha value is -3.27. The molecule has 0 saturated carbocycles. The van der Waals surface area contributed by atoms with Crippen LogP contribution in [-0.4, -0.2) is 13.0 Å². The summed E-state index contributed by atoms with van der Waals surface area (Å²) < 4.78 is 5.25. The van der Waals surface area contributed by atoms with Gasteiger partial charge in [-0.1, -0.05) is 42.0 Å². The van der Waals surface area contributed by atoms with Gasteiger partial charge in [0.15, 0.2) is 0 Å². The molecule has 3 aromatic rings. The lowest BCUT2D eigenvalue weighted by Gasteiger charge is -2.25. The predicted molar refractivity (Wildman–Crippen MR) is 109 cm³/mol. The molecular formula is C23H24N2O2. The molecule has 0 aliphatic carbocycles. The second kappa shape index (κ2) is 8.41. The third-order valence-electron chi connectivity index (χ3n) is 4.54. The number of anilines is 1. The molecule has 0 bridgehead atoms. The van der Waals surface area contributed by atoms with Crippen molar-refractivity contribution in [2.24, 2.45) is 5.73 Å². The van der Waals surface area contributed by atoms with Gasteiger partial charge in [0, 0.05) is 24.3 Å². The van der Waals surface area contributed by atoms with Gasteiger partial charge in [0.2, 0.25) is 5.91 Å². The molecule has 0 aliphatic rings. The summed E-state index contributed by atoms with van der Waals surface area (Å²) in [5, 5.41) is 0. The first kappa shape index (κ1) is 18.5. The van der Waals surface area contributed by atoms with Crippen LogP contribution in [0.15, 0.2) is 72.8 Å². The van der Waals surface area contributed by atoms with Crippen LogP contribution in [0.2, 0.25) is 0 Å². The molecule has 0 saturated heterocycles. The fourth-order valence-corrected chi connectivity index (χ4v) is 2.94. The molecule has 0 spiro atoms. The van der Waals surface area contributed by atoms with E-state index in [1.165, 1.54) is 11.1 Å². The van der Waals surface area contributed by atoms with Gasteiger partial charge in [-0.25, -0.2) is 0 Å². The van der Waals surface area contributed by atoms with Gasteiger partial charge in [0.05, 0.1) is 7.11 Å². The molecule has 27 heavy (non-hydrogen) atoms. The van der Waals surface area contributed by atoms with Gasteiger partial charge in [0.25, 0.3) is 0 Å². The SMILES string of the molecule is COc1ccc(CN(Cc2ccc(C(N)=O)cc2)c2ccc(C)cc2)cc1. The highest BCUT2D eigenvalue weighted by molar-refractivity contribution is 5.92. The number of rotatable bonds is 7. The zero-order valence-corrected chi connectivity index (χ0v) is 15.7. The Bertz CT molecular complexity index is 885. The van der Waals surface area contributed by atoms with Crippen LogP contribution in [0.4, 0.5) is 5.69 Å². The van der Waals surface area contributed by atoms with Crippen LogP contribution in [0.25, 0.3) is 0 Å². The normalized spacial score (nSPS) is 10.4. The Balaban J connectivity index is 1.84. The largest absolute Gasteiger partial charge is 0.497 e. The summed E-state index contributed by atoms with van der Waals surface area (Å²) in [6, 6.07) is 24.1. The molecule has 1 amide bonds. The van der Waals surface area contributed by atoms with E-state index in [9.17, 15) is 4.79 Å². The van der Waals surface area contributed by atoms with E-state index in [4.69, 9.17) is 10.5 Å². The van der Waals surface area contributed by atoms with Crippen LogP contribution in [0.1, 0.15) is 27.0 Å². The number of carbonyl (C=O) groups is 1. The highest BCUT2D eigenvalue weighted by Gasteiger charge is 2.10. The molecule has 138 valence electrons. The highest BCUT2D eigenvalue weighted by atomic mass is 16.5. The maximum absolute atomic E-state index is 11.3. The van der Waals surface area contributed by atoms with Crippen LogP contribution < -0.4 is 15.4 Å². The van der Waals surface area contributed by atoms with E-state index >= 15 is 0 Å². The van der Waals surface area contributed by atoms with Gasteiger partial charge < -0.3 is 15.4 Å². The Morgan fingerprint density at radius 2 is 1.37 bits per heavy atom. The van der Waals surface area contributed by atoms with E-state index in [-0.39, 0.29) is 0 Å². The molecule has 0 aromatic heterocycles. The molecule has 0 aliphatic heterocycles. The Labute approximate surface area is 160 Å². The predicted octanol–water partition coefficient (Wildman–Crippen LogP) is 4.31. The first-order valence-corrected chi connectivity index (χ1v) is 8.88. The average Bonchev–Trinajstić information content (AvgIpc) is 2.69. The van der Waals surface area contributed by atoms with E-state index in [0.29, 0.717) is 5.56 Å². The van der Waals surface area contributed by atoms with Gasteiger partial charge in [0.1, 0.15) is 5.75 Å². The lowest BCUT2D eigenvalue weighted by molar-refractivity contribution is 0.100. The van der Waals surface area contributed by atoms with E-state index in [1.54, 1.807) is 19.2 Å². The maximum atomic E-state index is 11.3. The van der Waals surface area contributed by atoms with Crippen molar-refractivity contribution in [2.75, 3.05) is 12.0 Å². The van der Waals surface area contributed by atoms with Crippen molar-refractivity contribution in [3.8, 4) is 5.75 Å². The number of hydrogen-bond acceptors (Lipinski definition) is 3. The van der Waals surface area contributed by atoms with Crippen molar-refractivity contribution in [1.82, 2.24) is 0 Å². The number of aryl methyl sites for hydroxylation is 1. The number of ether oxygens (including phenoxy) is 1. The van der Waals surface area contributed by atoms with Crippen LogP contribution in [0.3, 0.4) is 0 Å². The van der Waals surface area contributed by atoms with Gasteiger partial charge in [-0.15, -0.1) is 0 Å². The molecular weight excluding hydrogens is 336 g/mol. The van der Waals surface area contributed by atoms with Crippen molar-refractivity contribution in [2.45, 2.75) is 20.0 Å². The molecule has 0 heterocycles. The number of benzene rings is 3. The average molecular weight is 360 g/mol. The van der Waals surface area contributed by atoms with Crippen LogP contribution in [0.5, 0.6) is 5.75 Å². The monoisotopic (exact) mass is 360 g/mol. The fourth-order valence-electron chi connectivity index (χ4n) is 2.94. The summed E-state index contributed by atoms with van der Waals surface area (Å²) >= 11 is 0. The van der Waals surface area contributed by atoms with Crippen molar-refractivity contribution >= 4 is 11.6 Å². The molecule has 3 aromatic carbocycles. The summed E-state index contributed by atoms with van der Waals surface area (Å²) in [5.74, 6) is 0.442. The second-order valence-electron chi connectivity index (χ2n) is 6.60. The molecule has 0 radical (unpaired) electrons. The maximum Gasteiger partial charge on any atom is 0.248 e. The molecule has 0 atom stereocenters. The van der Waals surface area contributed by atoms with Crippen LogP contribution in [0, 0.1) is 6.92 Å². The minimum atomic E-state index is -0.407. The summed E-state index contributed by atoms with van der Waals surface area (Å²) in [4.78, 5) is 13.6. The summed E-state index contributed by atoms with van der Waals surface area (Å²) in [7, 11) is 1.67. The van der Waals surface area contributed by atoms with Crippen molar-refractivity contribution < 1.29 is 9.53 Å². The molecule has 0 fully saturated rings. The smallest absolute Gasteiger partial charge is 0.248 e. The third kappa shape index (κ3) is 4.88. The summed E-state index contributed by atoms with van der Waals surface area (Å²) in [5.41, 5.74) is 10.6. The zero-order chi connectivity index (χ0) is 19.2. The standard InChI is InChI=1S/C23H24N2O2/c1-17-3-11-21(12-4-17)25(16-19-7-13-22(27-2)14-8-19)15-18-5-9-20(10-6-18)23(24)26/h3-14H,15-16H2,1-2H3,(H2,24,26). The molecule has 3 rings (SSSR count). The zero-order valence-electron chi connectivity index (χ0n) is 15.7. The topological polar surface area (TPSA) is 55.6 Å². The number of primary amides is 1. The van der Waals surface area contributed by atoms with Gasteiger partial charge >= 0.3 is 0 Å². The third-order valence-corrected chi connectivity index (χ3v) is 4.54. The molecule has 4 nitrogen and oxygen atoms in total. The molecule has 0 unspecified atom stereocenters. The van der Waals surface area contributed by atoms with Crippen LogP contribution >= 0.6 is 0 Å². The Kier molecular flexibility index (Phi) is 5.77. The minimum Gasteiger partial charge on any atom is -0.497 e. The van der Waals surface area contributed by atoms with Crippen molar-refractivity contribution in [1.29, 1.82) is 0 Å². The minimum absolute atomic E-state index is 0.407. The number of nitrogens with zero attached hydrogens (tertiary/aromatic N) is 1. The first-order valence-electron chi connectivity index (χ1n) is 8.88. The summed E-state index contributed by atoms with van der Waals surface area (Å²) in [6.45, 7) is 3.58. The molecule has 4 heteroatoms. The fraction of sp³-hybridized carbons (Fsp3) is 0.174. The highest BCUT2D eigenvalue weighted by Crippen LogP contribution is 2.22. The van der Waals surface area contributed by atoms with E-state index in [1.807, 2.05) is 24.3 Å². The van der Waals surface area contributed by atoms with Gasteiger partial charge in [-0.05, 0) is 54.4 Å². The Morgan fingerprint density at radius 3 is 1.85 bits per heavy atom. The number of methoxy groups -OCH3 is 1. The van der Waals surface area contributed by atoms with E-state index < -0.39 is 5.91 Å². The van der Waals surface area contributed by atoms with E-state index in [0.717, 1.165) is 30.1 Å². The lowest BCUT2D eigenvalue weighted by Crippen LogP contribution is -2.22. The quantitative estimate of drug-likeness (QED) is 0.683. The number of nitrogens with two attached hydrogens (primary N) is 1.